The number of nitrogens with one attached hydrogen (secondary N) is 6. The Balaban J connectivity index is 5.43. The van der Waals surface area contributed by atoms with Gasteiger partial charge in [0, 0.05) is 94.5 Å². The number of ketones is 5. The molecule has 53 heavy (non-hydrogen) atoms. The molecule has 15 nitrogen and oxygen atoms in total. The maximum atomic E-state index is 13.3. The Morgan fingerprint density at radius 3 is 1.17 bits per heavy atom. The number of hydrogen-bond donors (Lipinski definition) is 6. The zero-order valence-corrected chi connectivity index (χ0v) is 33.1. The van der Waals surface area contributed by atoms with E-state index in [0.29, 0.717) is 57.9 Å². The van der Waals surface area contributed by atoms with Gasteiger partial charge in [-0.05, 0) is 93.7 Å². The van der Waals surface area contributed by atoms with E-state index in [0.717, 1.165) is 0 Å². The van der Waals surface area contributed by atoms with Gasteiger partial charge in [0.2, 0.25) is 23.6 Å². The van der Waals surface area contributed by atoms with Crippen molar-refractivity contribution in [3.8, 4) is 0 Å². The van der Waals surface area contributed by atoms with E-state index in [-0.39, 0.29) is 110 Å². The zero-order valence-electron chi connectivity index (χ0n) is 33.1. The summed E-state index contributed by atoms with van der Waals surface area (Å²) in [4.78, 5) is 110. The zero-order chi connectivity index (χ0) is 40.3. The third kappa shape index (κ3) is 28.3. The van der Waals surface area contributed by atoms with Crippen LogP contribution in [0.25, 0.3) is 0 Å². The third-order valence-corrected chi connectivity index (χ3v) is 8.83. The van der Waals surface area contributed by atoms with Crippen molar-refractivity contribution in [2.75, 3.05) is 20.6 Å². The molecule has 0 aliphatic rings. The van der Waals surface area contributed by atoms with E-state index < -0.39 is 24.0 Å². The Morgan fingerprint density at radius 1 is 0.377 bits per heavy atom. The van der Waals surface area contributed by atoms with Crippen molar-refractivity contribution in [3.05, 3.63) is 0 Å². The molecule has 0 saturated carbocycles. The van der Waals surface area contributed by atoms with E-state index in [1.165, 1.54) is 34.6 Å². The van der Waals surface area contributed by atoms with Crippen LogP contribution < -0.4 is 31.9 Å². The molecule has 5 unspecified atom stereocenters. The Labute approximate surface area is 315 Å². The fourth-order valence-corrected chi connectivity index (χ4v) is 5.86. The minimum absolute atomic E-state index is 0.00240. The average molecular weight is 751 g/mol. The first-order valence-corrected chi connectivity index (χ1v) is 18.9. The van der Waals surface area contributed by atoms with E-state index in [1.54, 1.807) is 14.1 Å². The third-order valence-electron chi connectivity index (χ3n) is 8.83. The molecular formula is C38H66N6O9. The number of Topliss-reactive ketones (excluding diaryl/α,β-unsaturated/α-hetero) is 5. The van der Waals surface area contributed by atoms with Crippen molar-refractivity contribution in [3.63, 3.8) is 0 Å². The minimum Gasteiger partial charge on any atom is -0.356 e. The van der Waals surface area contributed by atoms with Crippen LogP contribution in [-0.4, -0.2) is 103 Å². The first kappa shape index (κ1) is 49.1. The molecule has 5 atom stereocenters. The highest BCUT2D eigenvalue weighted by Crippen LogP contribution is 2.11. The summed E-state index contributed by atoms with van der Waals surface area (Å²) >= 11 is 0. The van der Waals surface area contributed by atoms with Crippen molar-refractivity contribution in [2.45, 2.75) is 168 Å². The standard InChI is InChI=1S/C38H66N6O9/c1-25(45)11-14-30(39-6)22-36(51)41-19-9-8-10-32(20-28(4)48)43-38(53)24-34(44-37(52)23-31(40-7)15-12-26(2)46)17-18-35(50)42-33(21-29(5)49)16-13-27(3)47/h30-34,39-40H,8-24H2,1-7H3,(H,41,51)(H,42,50)(H,43,53)(H,44,52). The van der Waals surface area contributed by atoms with Gasteiger partial charge >= 0.3 is 0 Å². The van der Waals surface area contributed by atoms with Gasteiger partial charge in [0.1, 0.15) is 28.9 Å². The first-order chi connectivity index (χ1) is 24.9. The van der Waals surface area contributed by atoms with E-state index in [1.807, 2.05) is 0 Å². The molecule has 0 bridgehead atoms. The molecule has 0 aliphatic carbocycles. The molecule has 0 radical (unpaired) electrons. The minimum atomic E-state index is -0.730. The molecule has 4 amide bonds. The van der Waals surface area contributed by atoms with Crippen molar-refractivity contribution in [1.29, 1.82) is 0 Å². The number of amides is 4. The molecule has 0 rings (SSSR count). The molecule has 0 aromatic rings. The first-order valence-electron chi connectivity index (χ1n) is 18.9. The number of rotatable bonds is 32. The second-order valence-electron chi connectivity index (χ2n) is 14.3. The Bertz CT molecular complexity index is 1220. The number of hydrogen-bond acceptors (Lipinski definition) is 11. The molecular weight excluding hydrogens is 684 g/mol. The van der Waals surface area contributed by atoms with E-state index in [9.17, 15) is 43.2 Å². The fourth-order valence-electron chi connectivity index (χ4n) is 5.86. The topological polar surface area (TPSA) is 226 Å². The highest BCUT2D eigenvalue weighted by atomic mass is 16.2. The summed E-state index contributed by atoms with van der Waals surface area (Å²) in [5.41, 5.74) is 0. The maximum absolute atomic E-state index is 13.3. The van der Waals surface area contributed by atoms with Crippen molar-refractivity contribution in [1.82, 2.24) is 31.9 Å². The second-order valence-corrected chi connectivity index (χ2v) is 14.3. The molecule has 0 aromatic carbocycles. The van der Waals surface area contributed by atoms with Crippen molar-refractivity contribution >= 4 is 52.5 Å². The monoisotopic (exact) mass is 750 g/mol. The van der Waals surface area contributed by atoms with Crippen molar-refractivity contribution in [2.24, 2.45) is 0 Å². The molecule has 302 valence electrons. The van der Waals surface area contributed by atoms with E-state index in [2.05, 4.69) is 31.9 Å². The summed E-state index contributed by atoms with van der Waals surface area (Å²) in [7, 11) is 3.44. The predicted molar refractivity (Wildman–Crippen MR) is 202 cm³/mol. The highest BCUT2D eigenvalue weighted by Gasteiger charge is 2.23. The Kier molecular flexibility index (Phi) is 26.5. The second kappa shape index (κ2) is 28.6. The van der Waals surface area contributed by atoms with Crippen LogP contribution in [0.1, 0.15) is 137 Å². The molecule has 0 fully saturated rings. The average Bonchev–Trinajstić information content (AvgIpc) is 3.05. The lowest BCUT2D eigenvalue weighted by molar-refractivity contribution is -0.127. The lowest BCUT2D eigenvalue weighted by Crippen LogP contribution is -2.44. The van der Waals surface area contributed by atoms with Crippen molar-refractivity contribution < 1.29 is 43.2 Å². The van der Waals surface area contributed by atoms with Gasteiger partial charge in [0.05, 0.1) is 0 Å². The molecule has 0 spiro atoms. The summed E-state index contributed by atoms with van der Waals surface area (Å²) in [6.45, 7) is 7.69. The van der Waals surface area contributed by atoms with Crippen LogP contribution in [0.3, 0.4) is 0 Å². The molecule has 0 aliphatic heterocycles. The predicted octanol–water partition coefficient (Wildman–Crippen LogP) is 1.92. The molecule has 0 saturated heterocycles. The fraction of sp³-hybridized carbons (Fsp3) is 0.763. The molecule has 0 heterocycles. The normalized spacial score (nSPS) is 13.8. The number of carbonyl (C=O) groups is 9. The van der Waals surface area contributed by atoms with E-state index in [4.69, 9.17) is 0 Å². The van der Waals surface area contributed by atoms with E-state index >= 15 is 0 Å². The summed E-state index contributed by atoms with van der Waals surface area (Å²) in [6, 6.07) is -2.08. The Hall–Kier alpha value is -3.85. The van der Waals surface area contributed by atoms with Crippen LogP contribution in [0, 0.1) is 0 Å². The quantitative estimate of drug-likeness (QED) is 0.0545. The van der Waals surface area contributed by atoms with Gasteiger partial charge in [0.15, 0.2) is 0 Å². The molecule has 15 heteroatoms. The summed E-state index contributed by atoms with van der Waals surface area (Å²) in [5.74, 6) is -1.50. The smallest absolute Gasteiger partial charge is 0.222 e. The summed E-state index contributed by atoms with van der Waals surface area (Å²) < 4.78 is 0. The van der Waals surface area contributed by atoms with Crippen LogP contribution in [0.4, 0.5) is 0 Å². The summed E-state index contributed by atoms with van der Waals surface area (Å²) in [5, 5.41) is 17.5. The van der Waals surface area contributed by atoms with Gasteiger partial charge in [0.25, 0.3) is 0 Å². The number of carbonyl (C=O) groups excluding carboxylic acids is 9. The van der Waals surface area contributed by atoms with Gasteiger partial charge in [-0.3, -0.25) is 28.8 Å². The Morgan fingerprint density at radius 2 is 0.736 bits per heavy atom. The largest absolute Gasteiger partial charge is 0.356 e. The van der Waals surface area contributed by atoms with Crippen LogP contribution in [0.5, 0.6) is 0 Å². The number of unbranched alkanes of at least 4 members (excludes halogenated alkanes) is 1. The lowest BCUT2D eigenvalue weighted by atomic mass is 10.0. The van der Waals surface area contributed by atoms with Crippen LogP contribution >= 0.6 is 0 Å². The van der Waals surface area contributed by atoms with Crippen LogP contribution in [0.2, 0.25) is 0 Å². The summed E-state index contributed by atoms with van der Waals surface area (Å²) in [6.07, 6.45) is 4.38. The van der Waals surface area contributed by atoms with Crippen LogP contribution in [0.15, 0.2) is 0 Å². The van der Waals surface area contributed by atoms with Gasteiger partial charge < -0.3 is 46.3 Å². The van der Waals surface area contributed by atoms with Gasteiger partial charge in [-0.1, -0.05) is 0 Å². The van der Waals surface area contributed by atoms with Crippen LogP contribution in [-0.2, 0) is 43.2 Å². The van der Waals surface area contributed by atoms with Gasteiger partial charge in [-0.2, -0.15) is 0 Å². The lowest BCUT2D eigenvalue weighted by Gasteiger charge is -2.23. The van der Waals surface area contributed by atoms with Gasteiger partial charge in [-0.15, -0.1) is 0 Å². The molecule has 6 N–H and O–H groups in total. The molecule has 0 aromatic heterocycles. The maximum Gasteiger partial charge on any atom is 0.222 e. The SMILES string of the molecule is CNC(CCC(C)=O)CC(=O)NCCCCC(CC(C)=O)NC(=O)CC(CCC(=O)NC(CCC(C)=O)CC(C)=O)NC(=O)CC(CCC(C)=O)NC. The highest BCUT2D eigenvalue weighted by molar-refractivity contribution is 5.83. The van der Waals surface area contributed by atoms with Gasteiger partial charge in [-0.25, -0.2) is 0 Å².